The van der Waals surface area contributed by atoms with E-state index in [4.69, 9.17) is 4.74 Å². The molecule has 0 aliphatic rings. The minimum Gasteiger partial charge on any atom is -0.481 e. The molecule has 0 radical (unpaired) electrons. The predicted octanol–water partition coefficient (Wildman–Crippen LogP) is 4.65. The molecule has 24 heavy (non-hydrogen) atoms. The molecule has 0 aliphatic heterocycles. The van der Waals surface area contributed by atoms with Crippen LogP contribution in [0.2, 0.25) is 0 Å². The largest absolute Gasteiger partial charge is 0.481 e. The summed E-state index contributed by atoms with van der Waals surface area (Å²) in [5, 5.41) is 3.10. The average Bonchev–Trinajstić information content (AvgIpc) is 2.55. The van der Waals surface area contributed by atoms with Gasteiger partial charge in [-0.25, -0.2) is 0 Å². The molecule has 2 rings (SSSR count). The van der Waals surface area contributed by atoms with Crippen LogP contribution >= 0.6 is 0 Å². The number of carbonyl (C=O) groups excluding carboxylic acids is 1. The van der Waals surface area contributed by atoms with Crippen LogP contribution in [0.15, 0.2) is 42.5 Å². The Morgan fingerprint density at radius 2 is 1.83 bits per heavy atom. The number of hydrogen-bond donors (Lipinski definition) is 1. The van der Waals surface area contributed by atoms with Gasteiger partial charge in [-0.2, -0.15) is 0 Å². The van der Waals surface area contributed by atoms with Gasteiger partial charge in [0.25, 0.3) is 5.91 Å². The number of aryl methyl sites for hydroxylation is 3. The lowest BCUT2D eigenvalue weighted by atomic mass is 9.99. The van der Waals surface area contributed by atoms with Crippen LogP contribution in [0.25, 0.3) is 0 Å². The zero-order valence-electron chi connectivity index (χ0n) is 15.2. The number of benzene rings is 2. The molecule has 0 aromatic heterocycles. The van der Waals surface area contributed by atoms with Gasteiger partial charge in [-0.1, -0.05) is 37.3 Å². The van der Waals surface area contributed by atoms with Gasteiger partial charge in [0.15, 0.2) is 6.10 Å². The molecule has 0 fully saturated rings. The fourth-order valence-electron chi connectivity index (χ4n) is 2.64. The molecule has 2 atom stereocenters. The Hall–Kier alpha value is -2.29. The monoisotopic (exact) mass is 325 g/mol. The maximum Gasteiger partial charge on any atom is 0.261 e. The average molecular weight is 325 g/mol. The first kappa shape index (κ1) is 18.1. The van der Waals surface area contributed by atoms with Gasteiger partial charge in [0.1, 0.15) is 5.75 Å². The summed E-state index contributed by atoms with van der Waals surface area (Å²) in [7, 11) is 0. The second-order valence-electron chi connectivity index (χ2n) is 6.39. The maximum atomic E-state index is 12.5. The highest BCUT2D eigenvalue weighted by Crippen LogP contribution is 2.20. The Morgan fingerprint density at radius 3 is 2.46 bits per heavy atom. The molecule has 0 heterocycles. The van der Waals surface area contributed by atoms with E-state index in [9.17, 15) is 4.79 Å². The molecule has 1 N–H and O–H groups in total. The molecule has 0 aliphatic carbocycles. The molecule has 3 heteroatoms. The molecule has 0 spiro atoms. The normalized spacial score (nSPS) is 13.2. The molecule has 2 aromatic rings. The molecule has 0 saturated heterocycles. The summed E-state index contributed by atoms with van der Waals surface area (Å²) >= 11 is 0. The Labute approximate surface area is 145 Å². The first-order valence-corrected chi connectivity index (χ1v) is 8.51. The maximum absolute atomic E-state index is 12.5. The Bertz CT molecular complexity index is 709. The molecule has 0 saturated carbocycles. The van der Waals surface area contributed by atoms with Crippen LogP contribution in [0.1, 0.15) is 48.6 Å². The van der Waals surface area contributed by atoms with Crippen molar-refractivity contribution >= 4 is 5.91 Å². The summed E-state index contributed by atoms with van der Waals surface area (Å²) < 4.78 is 5.77. The van der Waals surface area contributed by atoms with Crippen LogP contribution < -0.4 is 10.1 Å². The van der Waals surface area contributed by atoms with Crippen LogP contribution in [0.5, 0.6) is 5.75 Å². The number of carbonyl (C=O) groups is 1. The molecule has 0 unspecified atom stereocenters. The van der Waals surface area contributed by atoms with E-state index in [1.165, 1.54) is 11.1 Å². The van der Waals surface area contributed by atoms with Crippen molar-refractivity contribution in [3.05, 3.63) is 64.7 Å². The fourth-order valence-corrected chi connectivity index (χ4v) is 2.64. The third-order valence-corrected chi connectivity index (χ3v) is 4.33. The lowest BCUT2D eigenvalue weighted by Crippen LogP contribution is -2.38. The highest BCUT2D eigenvalue weighted by atomic mass is 16.5. The Kier molecular flexibility index (Phi) is 6.02. The van der Waals surface area contributed by atoms with E-state index in [0.29, 0.717) is 0 Å². The lowest BCUT2D eigenvalue weighted by Gasteiger charge is -2.22. The van der Waals surface area contributed by atoms with Gasteiger partial charge in [-0.15, -0.1) is 0 Å². The highest BCUT2D eigenvalue weighted by molar-refractivity contribution is 5.81. The fraction of sp³-hybridized carbons (Fsp3) is 0.381. The molecule has 3 nitrogen and oxygen atoms in total. The lowest BCUT2D eigenvalue weighted by molar-refractivity contribution is -0.128. The number of rotatable bonds is 6. The van der Waals surface area contributed by atoms with Gasteiger partial charge in [0.2, 0.25) is 0 Å². The molecular weight excluding hydrogens is 298 g/mol. The van der Waals surface area contributed by atoms with E-state index >= 15 is 0 Å². The quantitative estimate of drug-likeness (QED) is 0.840. The van der Waals surface area contributed by atoms with Crippen molar-refractivity contribution in [3.63, 3.8) is 0 Å². The zero-order valence-corrected chi connectivity index (χ0v) is 15.2. The standard InChI is InChI=1S/C21H27NO2/c1-6-20(18-11-10-15(3)16(4)13-18)22-21(23)17(5)24-19-9-7-8-14(2)12-19/h7-13,17,20H,6H2,1-5H3,(H,22,23)/t17-,20-/m1/s1. The van der Waals surface area contributed by atoms with E-state index in [-0.39, 0.29) is 11.9 Å². The van der Waals surface area contributed by atoms with E-state index in [1.807, 2.05) is 31.2 Å². The van der Waals surface area contributed by atoms with Crippen molar-refractivity contribution < 1.29 is 9.53 Å². The summed E-state index contributed by atoms with van der Waals surface area (Å²) in [6, 6.07) is 14.1. The van der Waals surface area contributed by atoms with Gasteiger partial charge in [0.05, 0.1) is 6.04 Å². The van der Waals surface area contributed by atoms with Crippen molar-refractivity contribution in [2.45, 2.75) is 53.2 Å². The minimum absolute atomic E-state index is 0.000333. The highest BCUT2D eigenvalue weighted by Gasteiger charge is 2.19. The molecule has 1 amide bonds. The second-order valence-corrected chi connectivity index (χ2v) is 6.39. The van der Waals surface area contributed by atoms with Crippen molar-refractivity contribution in [2.75, 3.05) is 0 Å². The topological polar surface area (TPSA) is 38.3 Å². The Balaban J connectivity index is 2.04. The SMILES string of the molecule is CC[C@@H](NC(=O)[C@@H](C)Oc1cccc(C)c1)c1ccc(C)c(C)c1. The van der Waals surface area contributed by atoms with Gasteiger partial charge in [-0.05, 0) is 68.5 Å². The summed E-state index contributed by atoms with van der Waals surface area (Å²) in [5.41, 5.74) is 4.75. The van der Waals surface area contributed by atoms with E-state index in [0.717, 1.165) is 23.3 Å². The minimum atomic E-state index is -0.535. The molecule has 2 aromatic carbocycles. The van der Waals surface area contributed by atoms with Crippen molar-refractivity contribution in [1.29, 1.82) is 0 Å². The third kappa shape index (κ3) is 4.60. The van der Waals surface area contributed by atoms with Gasteiger partial charge < -0.3 is 10.1 Å². The number of hydrogen-bond acceptors (Lipinski definition) is 2. The number of amides is 1. The van der Waals surface area contributed by atoms with Crippen LogP contribution in [-0.4, -0.2) is 12.0 Å². The first-order valence-electron chi connectivity index (χ1n) is 8.51. The van der Waals surface area contributed by atoms with Crippen LogP contribution in [-0.2, 0) is 4.79 Å². The second kappa shape index (κ2) is 8.00. The molecule has 0 bridgehead atoms. The van der Waals surface area contributed by atoms with E-state index < -0.39 is 6.10 Å². The van der Waals surface area contributed by atoms with E-state index in [2.05, 4.69) is 44.3 Å². The van der Waals surface area contributed by atoms with Crippen LogP contribution in [0.3, 0.4) is 0 Å². The number of nitrogens with one attached hydrogen (secondary N) is 1. The zero-order chi connectivity index (χ0) is 17.7. The number of ether oxygens (including phenoxy) is 1. The van der Waals surface area contributed by atoms with Gasteiger partial charge >= 0.3 is 0 Å². The molecule has 128 valence electrons. The van der Waals surface area contributed by atoms with Crippen LogP contribution in [0.4, 0.5) is 0 Å². The van der Waals surface area contributed by atoms with Crippen molar-refractivity contribution in [1.82, 2.24) is 5.32 Å². The summed E-state index contributed by atoms with van der Waals surface area (Å²) in [5.74, 6) is 0.624. The van der Waals surface area contributed by atoms with Crippen LogP contribution in [0, 0.1) is 20.8 Å². The Morgan fingerprint density at radius 1 is 1.08 bits per heavy atom. The third-order valence-electron chi connectivity index (χ3n) is 4.33. The summed E-state index contributed by atoms with van der Waals surface area (Å²) in [6.07, 6.45) is 0.304. The summed E-state index contributed by atoms with van der Waals surface area (Å²) in [6.45, 7) is 10.1. The van der Waals surface area contributed by atoms with Crippen molar-refractivity contribution in [2.24, 2.45) is 0 Å². The summed E-state index contributed by atoms with van der Waals surface area (Å²) in [4.78, 5) is 12.5. The smallest absolute Gasteiger partial charge is 0.261 e. The first-order chi connectivity index (χ1) is 11.4. The van der Waals surface area contributed by atoms with E-state index in [1.54, 1.807) is 6.92 Å². The molecular formula is C21H27NO2. The predicted molar refractivity (Wildman–Crippen MR) is 98.4 cm³/mol. The van der Waals surface area contributed by atoms with Gasteiger partial charge in [0, 0.05) is 0 Å². The van der Waals surface area contributed by atoms with Crippen molar-refractivity contribution in [3.8, 4) is 5.75 Å². The van der Waals surface area contributed by atoms with Gasteiger partial charge in [-0.3, -0.25) is 4.79 Å².